The van der Waals surface area contributed by atoms with E-state index in [0.717, 1.165) is 10.0 Å². The summed E-state index contributed by atoms with van der Waals surface area (Å²) in [5, 5.41) is 0. The molecule has 1 aliphatic rings. The van der Waals surface area contributed by atoms with E-state index in [9.17, 15) is 9.59 Å². The minimum Gasteiger partial charge on any atom is -0.493 e. The number of fused-ring (bicyclic) bond motifs is 1. The molecule has 2 heterocycles. The number of esters is 1. The molecule has 1 aliphatic heterocycles. The van der Waals surface area contributed by atoms with E-state index >= 15 is 0 Å². The highest BCUT2D eigenvalue weighted by Crippen LogP contribution is 2.40. The van der Waals surface area contributed by atoms with E-state index < -0.39 is 12.0 Å². The molecule has 3 aromatic rings. The van der Waals surface area contributed by atoms with Crippen molar-refractivity contribution in [3.8, 4) is 17.2 Å². The first kappa shape index (κ1) is 29.1. The van der Waals surface area contributed by atoms with E-state index in [1.54, 1.807) is 39.2 Å². The van der Waals surface area contributed by atoms with Crippen molar-refractivity contribution in [1.29, 1.82) is 0 Å². The van der Waals surface area contributed by atoms with E-state index in [2.05, 4.69) is 36.9 Å². The van der Waals surface area contributed by atoms with Gasteiger partial charge in [-0.15, -0.1) is 0 Å². The van der Waals surface area contributed by atoms with Gasteiger partial charge in [0.05, 0.1) is 48.8 Å². The lowest BCUT2D eigenvalue weighted by Gasteiger charge is -2.26. The maximum atomic E-state index is 14.0. The molecule has 4 rings (SSSR count). The zero-order chi connectivity index (χ0) is 28.4. The van der Waals surface area contributed by atoms with Gasteiger partial charge in [0, 0.05) is 14.5 Å². The summed E-state index contributed by atoms with van der Waals surface area (Å²) in [6.45, 7) is 7.55. The molecule has 1 aromatic heterocycles. The average Bonchev–Trinajstić information content (AvgIpc) is 3.18. The molecule has 11 heteroatoms. The zero-order valence-electron chi connectivity index (χ0n) is 22.3. The Hall–Kier alpha value is -2.89. The van der Waals surface area contributed by atoms with Gasteiger partial charge in [0.25, 0.3) is 5.56 Å². The first-order valence-corrected chi connectivity index (χ1v) is 14.6. The number of thiazole rings is 1. The minimum absolute atomic E-state index is 0.0447. The summed E-state index contributed by atoms with van der Waals surface area (Å²) in [6.07, 6.45) is 1.74. The van der Waals surface area contributed by atoms with Gasteiger partial charge in [0.2, 0.25) is 0 Å². The van der Waals surface area contributed by atoms with Crippen LogP contribution in [0.3, 0.4) is 0 Å². The number of nitrogens with zero attached hydrogens (tertiary/aromatic N) is 2. The Morgan fingerprint density at radius 2 is 1.82 bits per heavy atom. The predicted octanol–water partition coefficient (Wildman–Crippen LogP) is 5.13. The number of aromatic nitrogens is 1. The first-order valence-electron chi connectivity index (χ1n) is 12.2. The minimum atomic E-state index is -0.814. The molecule has 0 radical (unpaired) electrons. The molecule has 0 unspecified atom stereocenters. The van der Waals surface area contributed by atoms with Crippen LogP contribution >= 0.6 is 43.2 Å². The lowest BCUT2D eigenvalue weighted by Crippen LogP contribution is -2.40. The number of carbonyl (C=O) groups is 1. The van der Waals surface area contributed by atoms with Crippen molar-refractivity contribution in [3.05, 3.63) is 81.4 Å². The van der Waals surface area contributed by atoms with Crippen molar-refractivity contribution in [2.75, 3.05) is 20.8 Å². The molecule has 1 atom stereocenters. The van der Waals surface area contributed by atoms with Gasteiger partial charge in [-0.3, -0.25) is 9.36 Å². The number of rotatable bonds is 8. The lowest BCUT2D eigenvalue weighted by molar-refractivity contribution is -0.139. The van der Waals surface area contributed by atoms with Crippen molar-refractivity contribution in [3.63, 3.8) is 0 Å². The van der Waals surface area contributed by atoms with E-state index in [4.69, 9.17) is 18.9 Å². The molecule has 0 N–H and O–H groups in total. The van der Waals surface area contributed by atoms with E-state index in [0.29, 0.717) is 42.3 Å². The first-order chi connectivity index (χ1) is 18.6. The quantitative estimate of drug-likeness (QED) is 0.307. The molecule has 0 amide bonds. The molecular formula is C28H28Br2N2O6S. The van der Waals surface area contributed by atoms with Gasteiger partial charge < -0.3 is 18.9 Å². The third-order valence-corrected chi connectivity index (χ3v) is 8.10. The van der Waals surface area contributed by atoms with E-state index in [1.165, 1.54) is 23.0 Å². The Balaban J connectivity index is 2.01. The fraction of sp³-hybridized carbons (Fsp3) is 0.321. The second kappa shape index (κ2) is 12.1. The maximum Gasteiger partial charge on any atom is 0.338 e. The van der Waals surface area contributed by atoms with Crippen molar-refractivity contribution < 1.29 is 23.7 Å². The summed E-state index contributed by atoms with van der Waals surface area (Å²) in [5.41, 5.74) is 1.82. The van der Waals surface area contributed by atoms with Crippen LogP contribution in [0, 0.1) is 0 Å². The van der Waals surface area contributed by atoms with Crippen LogP contribution in [0.25, 0.3) is 6.08 Å². The summed E-state index contributed by atoms with van der Waals surface area (Å²) in [5.74, 6) is 1.08. The number of halogens is 2. The Labute approximate surface area is 246 Å². The average molecular weight is 680 g/mol. The Morgan fingerprint density at radius 3 is 2.46 bits per heavy atom. The molecular weight excluding hydrogens is 652 g/mol. The maximum absolute atomic E-state index is 14.0. The molecule has 0 saturated heterocycles. The number of methoxy groups -OCH3 is 2. The largest absolute Gasteiger partial charge is 0.493 e. The van der Waals surface area contributed by atoms with Crippen LogP contribution in [0.15, 0.2) is 60.3 Å². The number of hydrogen-bond acceptors (Lipinski definition) is 8. The molecule has 2 aromatic carbocycles. The molecule has 0 bridgehead atoms. The molecule has 0 fully saturated rings. The zero-order valence-corrected chi connectivity index (χ0v) is 26.3. The van der Waals surface area contributed by atoms with Gasteiger partial charge in [-0.2, -0.15) is 0 Å². The van der Waals surface area contributed by atoms with Gasteiger partial charge in [-0.05, 0) is 69.7 Å². The summed E-state index contributed by atoms with van der Waals surface area (Å²) in [6, 6.07) is 8.34. The van der Waals surface area contributed by atoms with Crippen LogP contribution in [0.4, 0.5) is 0 Å². The van der Waals surface area contributed by atoms with E-state index in [1.807, 2.05) is 32.0 Å². The fourth-order valence-electron chi connectivity index (χ4n) is 4.30. The van der Waals surface area contributed by atoms with E-state index in [-0.39, 0.29) is 23.8 Å². The number of carbonyl (C=O) groups excluding carboxylic acids is 1. The highest BCUT2D eigenvalue weighted by atomic mass is 79.9. The standard InChI is InChI=1S/C28H28Br2N2O6S/c1-7-37-27(34)24-15(4)31-28-32(25(24)18-12-21(35-5)22(36-6)13-19(18)30)26(33)23(39-28)11-16-10-17(29)8-9-20(16)38-14(2)3/h8-14,25H,7H2,1-6H3/b23-11+/t25-/m1/s1. The normalized spacial score (nSPS) is 15.2. The highest BCUT2D eigenvalue weighted by Gasteiger charge is 2.35. The number of hydrogen-bond donors (Lipinski definition) is 0. The Morgan fingerprint density at radius 1 is 1.13 bits per heavy atom. The van der Waals surface area contributed by atoms with Crippen LogP contribution in [-0.2, 0) is 9.53 Å². The molecule has 206 valence electrons. The highest BCUT2D eigenvalue weighted by molar-refractivity contribution is 9.10. The van der Waals surface area contributed by atoms with Gasteiger partial charge in [0.15, 0.2) is 16.3 Å². The number of allylic oxidation sites excluding steroid dienone is 1. The number of ether oxygens (including phenoxy) is 4. The second-order valence-electron chi connectivity index (χ2n) is 8.88. The smallest absolute Gasteiger partial charge is 0.338 e. The molecule has 39 heavy (non-hydrogen) atoms. The SMILES string of the molecule is CCOC(=O)C1=C(C)N=c2s/c(=C/c3cc(Br)ccc3OC(C)C)c(=O)n2[C@@H]1c1cc(OC)c(OC)cc1Br. The van der Waals surface area contributed by atoms with Gasteiger partial charge >= 0.3 is 5.97 Å². The van der Waals surface area contributed by atoms with Crippen molar-refractivity contribution >= 4 is 55.2 Å². The monoisotopic (exact) mass is 678 g/mol. The van der Waals surface area contributed by atoms with Crippen LogP contribution in [-0.4, -0.2) is 37.5 Å². The Kier molecular flexibility index (Phi) is 9.03. The summed E-state index contributed by atoms with van der Waals surface area (Å²) in [4.78, 5) is 32.4. The summed E-state index contributed by atoms with van der Waals surface area (Å²) >= 11 is 8.37. The van der Waals surface area contributed by atoms with Crippen LogP contribution in [0.5, 0.6) is 17.2 Å². The van der Waals surface area contributed by atoms with Crippen molar-refractivity contribution in [2.24, 2.45) is 4.99 Å². The third kappa shape index (κ3) is 5.85. The van der Waals surface area contributed by atoms with Crippen LogP contribution < -0.4 is 29.1 Å². The molecule has 8 nitrogen and oxygen atoms in total. The summed E-state index contributed by atoms with van der Waals surface area (Å²) in [7, 11) is 3.07. The van der Waals surface area contributed by atoms with Crippen LogP contribution in [0.1, 0.15) is 44.9 Å². The molecule has 0 spiro atoms. The van der Waals surface area contributed by atoms with Gasteiger partial charge in [0.1, 0.15) is 5.75 Å². The fourth-order valence-corrected chi connectivity index (χ4v) is 6.26. The lowest BCUT2D eigenvalue weighted by atomic mass is 9.95. The van der Waals surface area contributed by atoms with Crippen LogP contribution in [0.2, 0.25) is 0 Å². The summed E-state index contributed by atoms with van der Waals surface area (Å²) < 4.78 is 25.8. The van der Waals surface area contributed by atoms with Crippen molar-refractivity contribution in [2.45, 2.75) is 39.8 Å². The van der Waals surface area contributed by atoms with Crippen molar-refractivity contribution in [1.82, 2.24) is 4.57 Å². The topological polar surface area (TPSA) is 88.4 Å². The second-order valence-corrected chi connectivity index (χ2v) is 11.7. The van der Waals surface area contributed by atoms with Gasteiger partial charge in [-0.25, -0.2) is 9.79 Å². The molecule has 0 saturated carbocycles. The predicted molar refractivity (Wildman–Crippen MR) is 158 cm³/mol. The third-order valence-electron chi connectivity index (χ3n) is 5.94. The van der Waals surface area contributed by atoms with Gasteiger partial charge in [-0.1, -0.05) is 43.2 Å². The molecule has 0 aliphatic carbocycles. The Bertz CT molecular complexity index is 1640. The number of benzene rings is 2.